The third kappa shape index (κ3) is 8.35. The molecular weight excluding hydrogens is 416 g/mol. The van der Waals surface area contributed by atoms with Crippen molar-refractivity contribution in [1.29, 1.82) is 0 Å². The maximum absolute atomic E-state index is 5.80. The monoisotopic (exact) mass is 448 g/mol. The molecule has 2 heterocycles. The summed E-state index contributed by atoms with van der Waals surface area (Å²) < 4.78 is 22.0. The van der Waals surface area contributed by atoms with Crippen molar-refractivity contribution in [3.63, 3.8) is 0 Å². The van der Waals surface area contributed by atoms with Gasteiger partial charge in [-0.15, -0.1) is 11.3 Å². The van der Waals surface area contributed by atoms with Crippen LogP contribution in [-0.2, 0) is 15.9 Å². The molecule has 1 aromatic carbocycles. The lowest BCUT2D eigenvalue weighted by molar-refractivity contribution is 0.0702. The molecular formula is C22H32N4O4S. The summed E-state index contributed by atoms with van der Waals surface area (Å²) in [5, 5.41) is 9.96. The fraction of sp³-hybridized carbons (Fsp3) is 0.545. The maximum atomic E-state index is 5.80. The average molecular weight is 449 g/mol. The van der Waals surface area contributed by atoms with Crippen molar-refractivity contribution in [3.05, 3.63) is 34.3 Å². The van der Waals surface area contributed by atoms with Gasteiger partial charge < -0.3 is 29.6 Å². The highest BCUT2D eigenvalue weighted by Crippen LogP contribution is 2.32. The number of ether oxygens (including phenoxy) is 4. The molecule has 0 fully saturated rings. The van der Waals surface area contributed by atoms with Crippen LogP contribution in [0.15, 0.2) is 28.6 Å². The van der Waals surface area contributed by atoms with E-state index in [2.05, 4.69) is 21.0 Å². The zero-order chi connectivity index (χ0) is 21.7. The normalized spacial score (nSPS) is 13.7. The van der Waals surface area contributed by atoms with Crippen LogP contribution < -0.4 is 20.1 Å². The van der Waals surface area contributed by atoms with E-state index >= 15 is 0 Å². The van der Waals surface area contributed by atoms with Crippen LogP contribution in [0.25, 0.3) is 0 Å². The molecule has 0 spiro atoms. The van der Waals surface area contributed by atoms with Crippen molar-refractivity contribution < 1.29 is 18.9 Å². The Balaban J connectivity index is 1.56. The summed E-state index contributed by atoms with van der Waals surface area (Å²) in [6, 6.07) is 5.86. The molecule has 2 aromatic rings. The number of guanidine groups is 1. The maximum Gasteiger partial charge on any atom is 0.195 e. The molecule has 0 atom stereocenters. The number of rotatable bonds is 11. The van der Waals surface area contributed by atoms with Crippen molar-refractivity contribution in [2.75, 3.05) is 58.6 Å². The largest absolute Gasteiger partial charge is 0.490 e. The van der Waals surface area contributed by atoms with Crippen molar-refractivity contribution in [2.24, 2.45) is 4.99 Å². The van der Waals surface area contributed by atoms with Gasteiger partial charge in [-0.3, -0.25) is 4.99 Å². The summed E-state index contributed by atoms with van der Waals surface area (Å²) in [6.45, 7) is 6.62. The lowest BCUT2D eigenvalue weighted by Crippen LogP contribution is -2.32. The second-order valence-electron chi connectivity index (χ2n) is 7.06. The van der Waals surface area contributed by atoms with Gasteiger partial charge in [-0.2, -0.15) is 0 Å². The first kappa shape index (κ1) is 23.3. The first-order valence-corrected chi connectivity index (χ1v) is 11.6. The van der Waals surface area contributed by atoms with E-state index in [4.69, 9.17) is 23.9 Å². The molecule has 1 aliphatic heterocycles. The van der Waals surface area contributed by atoms with Crippen molar-refractivity contribution in [1.82, 2.24) is 10.3 Å². The zero-order valence-electron chi connectivity index (χ0n) is 18.3. The van der Waals surface area contributed by atoms with Crippen LogP contribution in [-0.4, -0.2) is 64.2 Å². The topological polar surface area (TPSA) is 86.2 Å². The van der Waals surface area contributed by atoms with Gasteiger partial charge in [-0.1, -0.05) is 0 Å². The van der Waals surface area contributed by atoms with Gasteiger partial charge in [-0.25, -0.2) is 4.98 Å². The summed E-state index contributed by atoms with van der Waals surface area (Å²) in [5.41, 5.74) is 1.99. The second kappa shape index (κ2) is 13.1. The van der Waals surface area contributed by atoms with E-state index < -0.39 is 0 Å². The van der Waals surface area contributed by atoms with Crippen LogP contribution in [0.2, 0.25) is 0 Å². The molecule has 9 heteroatoms. The quantitative estimate of drug-likeness (QED) is 0.310. The van der Waals surface area contributed by atoms with Crippen LogP contribution in [0.5, 0.6) is 11.5 Å². The summed E-state index contributed by atoms with van der Waals surface area (Å²) >= 11 is 1.67. The fourth-order valence-corrected chi connectivity index (χ4v) is 3.60. The smallest absolute Gasteiger partial charge is 0.195 e. The number of aliphatic imine (C=N–C) groups is 1. The summed E-state index contributed by atoms with van der Waals surface area (Å²) in [6.07, 6.45) is 2.56. The van der Waals surface area contributed by atoms with Gasteiger partial charge in [-0.05, 0) is 25.5 Å². The third-order valence-corrected chi connectivity index (χ3v) is 5.32. The number of thiazole rings is 1. The Labute approximate surface area is 188 Å². The minimum Gasteiger partial charge on any atom is -0.490 e. The SMILES string of the molecule is COCCOCCCN=C(NCCc1csc(C)n1)Nc1ccc2c(c1)OCCCO2. The van der Waals surface area contributed by atoms with Crippen LogP contribution in [0, 0.1) is 6.92 Å². The van der Waals surface area contributed by atoms with Gasteiger partial charge in [0.1, 0.15) is 0 Å². The molecule has 3 rings (SSSR count). The van der Waals surface area contributed by atoms with Crippen LogP contribution in [0.4, 0.5) is 5.69 Å². The van der Waals surface area contributed by atoms with Crippen LogP contribution >= 0.6 is 11.3 Å². The zero-order valence-corrected chi connectivity index (χ0v) is 19.1. The summed E-state index contributed by atoms with van der Waals surface area (Å²) in [4.78, 5) is 9.22. The Kier molecular flexibility index (Phi) is 9.88. The van der Waals surface area contributed by atoms with Gasteiger partial charge in [0.15, 0.2) is 17.5 Å². The number of nitrogens with one attached hydrogen (secondary N) is 2. The highest BCUT2D eigenvalue weighted by atomic mass is 32.1. The van der Waals surface area contributed by atoms with E-state index in [0.717, 1.165) is 59.7 Å². The van der Waals surface area contributed by atoms with Gasteiger partial charge in [0.2, 0.25) is 0 Å². The second-order valence-corrected chi connectivity index (χ2v) is 8.12. The molecule has 1 aromatic heterocycles. The first-order valence-electron chi connectivity index (χ1n) is 10.7. The molecule has 0 aliphatic carbocycles. The predicted octanol–water partition coefficient (Wildman–Crippen LogP) is 3.27. The van der Waals surface area contributed by atoms with Gasteiger partial charge in [0.25, 0.3) is 0 Å². The van der Waals surface area contributed by atoms with E-state index in [1.165, 1.54) is 0 Å². The molecule has 170 valence electrons. The Hall–Kier alpha value is -2.36. The van der Waals surface area contributed by atoms with E-state index in [-0.39, 0.29) is 0 Å². The summed E-state index contributed by atoms with van der Waals surface area (Å²) in [5.74, 6) is 2.26. The number of anilines is 1. The molecule has 2 N–H and O–H groups in total. The Morgan fingerprint density at radius 3 is 2.87 bits per heavy atom. The molecule has 0 radical (unpaired) electrons. The minimum atomic E-state index is 0.605. The number of hydrogen-bond acceptors (Lipinski definition) is 7. The van der Waals surface area contributed by atoms with E-state index in [0.29, 0.717) is 39.6 Å². The van der Waals surface area contributed by atoms with E-state index in [9.17, 15) is 0 Å². The standard InChI is InChI=1S/C22H32N4O4S/c1-17-25-19(16-31-17)7-9-24-22(23-8-3-10-28-14-13-27-2)26-18-5-6-20-21(15-18)30-12-4-11-29-20/h5-6,15-16H,3-4,7-14H2,1-2H3,(H2,23,24,26). The molecule has 0 unspecified atom stereocenters. The number of methoxy groups -OCH3 is 1. The number of hydrogen-bond donors (Lipinski definition) is 2. The number of aromatic nitrogens is 1. The lowest BCUT2D eigenvalue weighted by atomic mass is 10.2. The van der Waals surface area contributed by atoms with E-state index in [1.54, 1.807) is 18.4 Å². The molecule has 31 heavy (non-hydrogen) atoms. The van der Waals surface area contributed by atoms with Crippen molar-refractivity contribution in [2.45, 2.75) is 26.2 Å². The molecule has 0 amide bonds. The fourth-order valence-electron chi connectivity index (χ4n) is 2.95. The Morgan fingerprint density at radius 2 is 2.06 bits per heavy atom. The summed E-state index contributed by atoms with van der Waals surface area (Å²) in [7, 11) is 1.67. The van der Waals surface area contributed by atoms with Gasteiger partial charge >= 0.3 is 0 Å². The molecule has 1 aliphatic rings. The average Bonchev–Trinajstić information content (AvgIpc) is 3.04. The lowest BCUT2D eigenvalue weighted by Gasteiger charge is -2.14. The highest BCUT2D eigenvalue weighted by Gasteiger charge is 2.11. The van der Waals surface area contributed by atoms with E-state index in [1.807, 2.05) is 25.1 Å². The van der Waals surface area contributed by atoms with Crippen LogP contribution in [0.1, 0.15) is 23.5 Å². The third-order valence-electron chi connectivity index (χ3n) is 4.50. The predicted molar refractivity (Wildman–Crippen MR) is 124 cm³/mol. The van der Waals surface area contributed by atoms with Crippen molar-refractivity contribution >= 4 is 23.0 Å². The Morgan fingerprint density at radius 1 is 1.19 bits per heavy atom. The van der Waals surface area contributed by atoms with Gasteiger partial charge in [0.05, 0.1) is 37.1 Å². The minimum absolute atomic E-state index is 0.605. The number of nitrogens with zero attached hydrogens (tertiary/aromatic N) is 2. The molecule has 8 nitrogen and oxygen atoms in total. The Bertz CT molecular complexity index is 828. The molecule has 0 saturated heterocycles. The van der Waals surface area contributed by atoms with Gasteiger partial charge in [0, 0.05) is 56.8 Å². The van der Waals surface area contributed by atoms with Crippen LogP contribution in [0.3, 0.4) is 0 Å². The van der Waals surface area contributed by atoms with Crippen molar-refractivity contribution in [3.8, 4) is 11.5 Å². The molecule has 0 bridgehead atoms. The first-order chi connectivity index (χ1) is 15.2. The molecule has 0 saturated carbocycles. The number of aryl methyl sites for hydroxylation is 1. The number of benzene rings is 1. The highest BCUT2D eigenvalue weighted by molar-refractivity contribution is 7.09. The number of fused-ring (bicyclic) bond motifs is 1.